The SMILES string of the molecule is CC/C=C\C/C=C\C/C=C\C/C=C\C/C=C\CCCCCC(=O)OCC(COC(=O)CCCCCCCCCCCC)OC(=O)CCCCCCCCC/C=C\CCCCCC. The average Bonchev–Trinajstić information content (AvgIpc) is 3.27. The molecule has 0 fully saturated rings. The minimum atomic E-state index is -0.788. The van der Waals surface area contributed by atoms with E-state index in [2.05, 4.69) is 93.7 Å². The van der Waals surface area contributed by atoms with Gasteiger partial charge in [-0.05, 0) is 89.9 Å². The summed E-state index contributed by atoms with van der Waals surface area (Å²) in [6.07, 6.45) is 63.1. The summed E-state index contributed by atoms with van der Waals surface area (Å²) in [5.41, 5.74) is 0. The first-order valence-corrected chi connectivity index (χ1v) is 25.9. The van der Waals surface area contributed by atoms with E-state index in [9.17, 15) is 14.4 Å². The summed E-state index contributed by atoms with van der Waals surface area (Å²) in [7, 11) is 0. The Morgan fingerprint density at radius 1 is 0.339 bits per heavy atom. The van der Waals surface area contributed by atoms with Gasteiger partial charge in [0.2, 0.25) is 0 Å². The molecule has 356 valence electrons. The molecule has 0 aromatic rings. The number of rotatable bonds is 46. The summed E-state index contributed by atoms with van der Waals surface area (Å²) >= 11 is 0. The van der Waals surface area contributed by atoms with Gasteiger partial charge < -0.3 is 14.2 Å². The standard InChI is InChI=1S/C56H96O6/c1-4-7-10-13-16-19-22-24-26-27-28-29-31-32-34-37-40-43-46-49-55(58)61-52-53(51-60-54(57)48-45-42-39-36-21-18-15-12-9-6-3)62-56(59)50-47-44-41-38-35-33-30-25-23-20-17-14-11-8-5-2/h7,10,16,19-20,23-24,26,28-29,32,34,53H,4-6,8-9,11-15,17-18,21-22,25,27,30-31,33,35-52H2,1-3H3/b10-7-,19-16-,23-20-,26-24-,29-28-,34-32-. The summed E-state index contributed by atoms with van der Waals surface area (Å²) in [6, 6.07) is 0. The second-order valence-corrected chi connectivity index (χ2v) is 17.1. The third-order valence-corrected chi connectivity index (χ3v) is 10.9. The Morgan fingerprint density at radius 2 is 0.629 bits per heavy atom. The maximum absolute atomic E-state index is 12.8. The summed E-state index contributed by atoms with van der Waals surface area (Å²) < 4.78 is 16.8. The Balaban J connectivity index is 4.41. The smallest absolute Gasteiger partial charge is 0.306 e. The molecule has 0 saturated carbocycles. The first-order chi connectivity index (χ1) is 30.5. The molecule has 6 nitrogen and oxygen atoms in total. The molecule has 0 aromatic heterocycles. The van der Waals surface area contributed by atoms with E-state index in [-0.39, 0.29) is 31.1 Å². The predicted molar refractivity (Wildman–Crippen MR) is 265 cm³/mol. The van der Waals surface area contributed by atoms with Gasteiger partial charge in [0.15, 0.2) is 6.10 Å². The summed E-state index contributed by atoms with van der Waals surface area (Å²) in [6.45, 7) is 6.47. The van der Waals surface area contributed by atoms with Crippen LogP contribution in [0.3, 0.4) is 0 Å². The molecule has 0 radical (unpaired) electrons. The number of carbonyl (C=O) groups excluding carboxylic acids is 3. The molecule has 0 heterocycles. The van der Waals surface area contributed by atoms with Crippen molar-refractivity contribution >= 4 is 17.9 Å². The Hall–Kier alpha value is -3.15. The van der Waals surface area contributed by atoms with Gasteiger partial charge in [0.05, 0.1) is 0 Å². The number of hydrogen-bond donors (Lipinski definition) is 0. The lowest BCUT2D eigenvalue weighted by molar-refractivity contribution is -0.167. The predicted octanol–water partition coefficient (Wildman–Crippen LogP) is 17.0. The largest absolute Gasteiger partial charge is 0.462 e. The number of unbranched alkanes of at least 4 members (excludes halogenated alkanes) is 23. The topological polar surface area (TPSA) is 78.9 Å². The average molecular weight is 865 g/mol. The van der Waals surface area contributed by atoms with Crippen molar-refractivity contribution in [2.24, 2.45) is 0 Å². The molecule has 0 aliphatic heterocycles. The van der Waals surface area contributed by atoms with E-state index in [0.717, 1.165) is 96.3 Å². The minimum absolute atomic E-state index is 0.0864. The summed E-state index contributed by atoms with van der Waals surface area (Å²) in [5.74, 6) is -0.924. The van der Waals surface area contributed by atoms with Gasteiger partial charge in [0.1, 0.15) is 13.2 Å². The first kappa shape index (κ1) is 58.9. The molecular formula is C56H96O6. The van der Waals surface area contributed by atoms with E-state index in [0.29, 0.717) is 19.3 Å². The van der Waals surface area contributed by atoms with Crippen molar-refractivity contribution < 1.29 is 28.6 Å². The molecule has 1 atom stereocenters. The van der Waals surface area contributed by atoms with Crippen LogP contribution >= 0.6 is 0 Å². The molecule has 62 heavy (non-hydrogen) atoms. The van der Waals surface area contributed by atoms with Crippen LogP contribution in [-0.2, 0) is 28.6 Å². The van der Waals surface area contributed by atoms with Crippen LogP contribution < -0.4 is 0 Å². The zero-order chi connectivity index (χ0) is 45.1. The molecule has 0 aliphatic carbocycles. The highest BCUT2D eigenvalue weighted by molar-refractivity contribution is 5.71. The van der Waals surface area contributed by atoms with Crippen molar-refractivity contribution in [1.29, 1.82) is 0 Å². The Kier molecular flexibility index (Phi) is 47.9. The van der Waals surface area contributed by atoms with Crippen LogP contribution in [-0.4, -0.2) is 37.2 Å². The van der Waals surface area contributed by atoms with Crippen LogP contribution in [0.15, 0.2) is 72.9 Å². The van der Waals surface area contributed by atoms with Gasteiger partial charge in [-0.3, -0.25) is 14.4 Å². The second kappa shape index (κ2) is 50.5. The van der Waals surface area contributed by atoms with E-state index in [1.165, 1.54) is 109 Å². The van der Waals surface area contributed by atoms with Crippen molar-refractivity contribution in [1.82, 2.24) is 0 Å². The van der Waals surface area contributed by atoms with E-state index < -0.39 is 6.10 Å². The number of carbonyl (C=O) groups is 3. The lowest BCUT2D eigenvalue weighted by Gasteiger charge is -2.18. The normalized spacial score (nSPS) is 12.6. The third-order valence-electron chi connectivity index (χ3n) is 10.9. The van der Waals surface area contributed by atoms with Crippen LogP contribution in [0.2, 0.25) is 0 Å². The number of esters is 3. The van der Waals surface area contributed by atoms with Crippen LogP contribution in [0, 0.1) is 0 Å². The van der Waals surface area contributed by atoms with Crippen LogP contribution in [0.25, 0.3) is 0 Å². The van der Waals surface area contributed by atoms with Gasteiger partial charge in [-0.1, -0.05) is 209 Å². The molecule has 0 spiro atoms. The van der Waals surface area contributed by atoms with Crippen LogP contribution in [0.4, 0.5) is 0 Å². The van der Waals surface area contributed by atoms with Gasteiger partial charge in [0.25, 0.3) is 0 Å². The highest BCUT2D eigenvalue weighted by Crippen LogP contribution is 2.14. The number of ether oxygens (including phenoxy) is 3. The molecule has 1 unspecified atom stereocenters. The quantitative estimate of drug-likeness (QED) is 0.0262. The number of allylic oxidation sites excluding steroid dienone is 12. The molecule has 0 N–H and O–H groups in total. The van der Waals surface area contributed by atoms with Crippen molar-refractivity contribution in [3.05, 3.63) is 72.9 Å². The van der Waals surface area contributed by atoms with E-state index in [1.807, 2.05) is 0 Å². The molecular weight excluding hydrogens is 769 g/mol. The van der Waals surface area contributed by atoms with Gasteiger partial charge >= 0.3 is 17.9 Å². The van der Waals surface area contributed by atoms with Crippen molar-refractivity contribution in [3.63, 3.8) is 0 Å². The van der Waals surface area contributed by atoms with E-state index >= 15 is 0 Å². The first-order valence-electron chi connectivity index (χ1n) is 25.9. The summed E-state index contributed by atoms with van der Waals surface area (Å²) in [5, 5.41) is 0. The van der Waals surface area contributed by atoms with E-state index in [1.54, 1.807) is 0 Å². The lowest BCUT2D eigenvalue weighted by Crippen LogP contribution is -2.30. The maximum atomic E-state index is 12.8. The molecule has 0 saturated heterocycles. The van der Waals surface area contributed by atoms with Gasteiger partial charge in [-0.25, -0.2) is 0 Å². The lowest BCUT2D eigenvalue weighted by atomic mass is 10.1. The molecule has 6 heteroatoms. The minimum Gasteiger partial charge on any atom is -0.462 e. The molecule has 0 amide bonds. The summed E-state index contributed by atoms with van der Waals surface area (Å²) in [4.78, 5) is 37.9. The van der Waals surface area contributed by atoms with Crippen LogP contribution in [0.5, 0.6) is 0 Å². The highest BCUT2D eigenvalue weighted by atomic mass is 16.6. The fraction of sp³-hybridized carbons (Fsp3) is 0.732. The monoisotopic (exact) mass is 865 g/mol. The molecule has 0 aromatic carbocycles. The molecule has 0 rings (SSSR count). The Labute approximate surface area is 382 Å². The van der Waals surface area contributed by atoms with Gasteiger partial charge in [0, 0.05) is 19.3 Å². The maximum Gasteiger partial charge on any atom is 0.306 e. The van der Waals surface area contributed by atoms with Gasteiger partial charge in [-0.15, -0.1) is 0 Å². The Morgan fingerprint density at radius 3 is 1.03 bits per heavy atom. The third kappa shape index (κ3) is 47.9. The number of hydrogen-bond acceptors (Lipinski definition) is 6. The Bertz CT molecular complexity index is 1180. The fourth-order valence-corrected chi connectivity index (χ4v) is 7.05. The van der Waals surface area contributed by atoms with Crippen LogP contribution in [0.1, 0.15) is 245 Å². The molecule has 0 aliphatic rings. The molecule has 0 bridgehead atoms. The van der Waals surface area contributed by atoms with E-state index in [4.69, 9.17) is 14.2 Å². The zero-order valence-electron chi connectivity index (χ0n) is 40.6. The fourth-order valence-electron chi connectivity index (χ4n) is 7.05. The van der Waals surface area contributed by atoms with Crippen molar-refractivity contribution in [2.75, 3.05) is 13.2 Å². The van der Waals surface area contributed by atoms with Crippen molar-refractivity contribution in [3.8, 4) is 0 Å². The van der Waals surface area contributed by atoms with Crippen molar-refractivity contribution in [2.45, 2.75) is 252 Å². The second-order valence-electron chi connectivity index (χ2n) is 17.1. The highest BCUT2D eigenvalue weighted by Gasteiger charge is 2.19. The van der Waals surface area contributed by atoms with Gasteiger partial charge in [-0.2, -0.15) is 0 Å². The zero-order valence-corrected chi connectivity index (χ0v) is 40.6.